The van der Waals surface area contributed by atoms with Gasteiger partial charge in [-0.2, -0.15) is 0 Å². The van der Waals surface area contributed by atoms with Gasteiger partial charge in [-0.3, -0.25) is 0 Å². The van der Waals surface area contributed by atoms with E-state index in [4.69, 9.17) is 5.14 Å². The molecule has 3 N–H and O–H groups in total. The summed E-state index contributed by atoms with van der Waals surface area (Å²) in [4.78, 5) is -0.0634. The summed E-state index contributed by atoms with van der Waals surface area (Å²) in [5.41, 5.74) is 0.217. The van der Waals surface area contributed by atoms with Crippen LogP contribution in [-0.4, -0.2) is 21.6 Å². The zero-order valence-electron chi connectivity index (χ0n) is 13.1. The van der Waals surface area contributed by atoms with Crippen molar-refractivity contribution in [2.45, 2.75) is 31.1 Å². The van der Waals surface area contributed by atoms with Crippen LogP contribution < -0.4 is 9.86 Å². The Hall–Kier alpha value is -1.55. The van der Waals surface area contributed by atoms with Crippen LogP contribution in [0.2, 0.25) is 0 Å². The molecule has 1 unspecified atom stereocenters. The van der Waals surface area contributed by atoms with Gasteiger partial charge in [0, 0.05) is 12.1 Å². The molecular formula is C15H19FN2O4S2. The molecule has 132 valence electrons. The number of hydrogen-bond acceptors (Lipinski definition) is 4. The molecule has 0 radical (unpaired) electrons. The molecule has 0 heterocycles. The standard InChI is InChI=1S/C15H19FN2O4S2/c1-2-15(24(17,21)22)9-7-13(8-10-15)23(19,20)18-11-12-5-3-4-6-14(12)16/h3-9,18H,2,10-11H2,1H3,(H2,17,21,22). The van der Waals surface area contributed by atoms with Crippen LogP contribution in [-0.2, 0) is 26.6 Å². The smallest absolute Gasteiger partial charge is 0.228 e. The van der Waals surface area contributed by atoms with Crippen LogP contribution in [0.5, 0.6) is 0 Å². The summed E-state index contributed by atoms with van der Waals surface area (Å²) < 4.78 is 62.6. The van der Waals surface area contributed by atoms with Crippen molar-refractivity contribution in [1.29, 1.82) is 0 Å². The van der Waals surface area contributed by atoms with Crippen LogP contribution in [0.1, 0.15) is 25.3 Å². The molecule has 6 nitrogen and oxygen atoms in total. The fourth-order valence-electron chi connectivity index (χ4n) is 2.41. The molecule has 1 aliphatic rings. The average molecular weight is 374 g/mol. The predicted octanol–water partition coefficient (Wildman–Crippen LogP) is 1.53. The topological polar surface area (TPSA) is 106 Å². The number of rotatable bonds is 6. The highest BCUT2D eigenvalue weighted by Gasteiger charge is 2.39. The quantitative estimate of drug-likeness (QED) is 0.787. The Balaban J connectivity index is 2.16. The van der Waals surface area contributed by atoms with Crippen molar-refractivity contribution in [1.82, 2.24) is 4.72 Å². The molecule has 0 bridgehead atoms. The highest BCUT2D eigenvalue weighted by atomic mass is 32.2. The van der Waals surface area contributed by atoms with Crippen LogP contribution in [0.15, 0.2) is 47.4 Å². The number of benzene rings is 1. The van der Waals surface area contributed by atoms with E-state index in [-0.39, 0.29) is 29.9 Å². The second-order valence-corrected chi connectivity index (χ2v) is 9.19. The first-order chi connectivity index (χ1) is 11.1. The molecule has 1 aromatic rings. The van der Waals surface area contributed by atoms with Gasteiger partial charge < -0.3 is 0 Å². The lowest BCUT2D eigenvalue weighted by molar-refractivity contribution is 0.542. The van der Waals surface area contributed by atoms with Crippen molar-refractivity contribution >= 4 is 20.0 Å². The largest absolute Gasteiger partial charge is 0.240 e. The summed E-state index contributed by atoms with van der Waals surface area (Å²) in [6.07, 6.45) is 4.04. The van der Waals surface area contributed by atoms with E-state index in [0.717, 1.165) is 0 Å². The molecule has 0 fully saturated rings. The first-order valence-electron chi connectivity index (χ1n) is 7.26. The Kier molecular flexibility index (Phi) is 5.28. The third-order valence-corrected chi connectivity index (χ3v) is 7.26. The number of allylic oxidation sites excluding steroid dienone is 2. The van der Waals surface area contributed by atoms with E-state index < -0.39 is 30.6 Å². The van der Waals surface area contributed by atoms with E-state index in [1.807, 2.05) is 0 Å². The van der Waals surface area contributed by atoms with Crippen molar-refractivity contribution in [3.05, 3.63) is 58.8 Å². The SMILES string of the molecule is CCC1(S(N)(=O)=O)C=CC(S(=O)(=O)NCc2ccccc2F)=CC1. The van der Waals surface area contributed by atoms with Crippen LogP contribution in [0, 0.1) is 5.82 Å². The minimum absolute atomic E-state index is 0.0330. The minimum atomic E-state index is -3.88. The number of nitrogens with two attached hydrogens (primary N) is 1. The molecule has 2 rings (SSSR count). The molecule has 24 heavy (non-hydrogen) atoms. The Bertz CT molecular complexity index is 892. The van der Waals surface area contributed by atoms with Gasteiger partial charge in [0.15, 0.2) is 0 Å². The van der Waals surface area contributed by atoms with Crippen molar-refractivity contribution in [2.24, 2.45) is 5.14 Å². The Morgan fingerprint density at radius 3 is 2.42 bits per heavy atom. The maximum absolute atomic E-state index is 13.5. The molecule has 0 saturated heterocycles. The van der Waals surface area contributed by atoms with Crippen molar-refractivity contribution in [3.8, 4) is 0 Å². The van der Waals surface area contributed by atoms with Gasteiger partial charge in [-0.1, -0.05) is 37.3 Å². The summed E-state index contributed by atoms with van der Waals surface area (Å²) in [5.74, 6) is -0.507. The monoisotopic (exact) mass is 374 g/mol. The molecule has 9 heteroatoms. The molecule has 0 aliphatic heterocycles. The van der Waals surface area contributed by atoms with Gasteiger partial charge in [-0.05, 0) is 25.0 Å². The number of sulfonamides is 2. The average Bonchev–Trinajstić information content (AvgIpc) is 2.53. The number of primary sulfonamides is 1. The third kappa shape index (κ3) is 3.75. The van der Waals surface area contributed by atoms with E-state index in [9.17, 15) is 21.2 Å². The van der Waals surface area contributed by atoms with Crippen molar-refractivity contribution in [2.75, 3.05) is 0 Å². The highest BCUT2D eigenvalue weighted by molar-refractivity contribution is 7.93. The van der Waals surface area contributed by atoms with Crippen LogP contribution >= 0.6 is 0 Å². The Labute approximate surface area is 141 Å². The van der Waals surface area contributed by atoms with Crippen LogP contribution in [0.3, 0.4) is 0 Å². The maximum Gasteiger partial charge on any atom is 0.240 e. The minimum Gasteiger partial charge on any atom is -0.228 e. The first kappa shape index (κ1) is 18.8. The molecule has 0 saturated carbocycles. The lowest BCUT2D eigenvalue weighted by atomic mass is 9.97. The first-order valence-corrected chi connectivity index (χ1v) is 10.3. The van der Waals surface area contributed by atoms with Crippen molar-refractivity contribution < 1.29 is 21.2 Å². The molecule has 1 aromatic carbocycles. The maximum atomic E-state index is 13.5. The van der Waals surface area contributed by atoms with Gasteiger partial charge in [-0.15, -0.1) is 0 Å². The second-order valence-electron chi connectivity index (χ2n) is 5.52. The summed E-state index contributed by atoms with van der Waals surface area (Å²) in [6.45, 7) is 1.47. The zero-order valence-corrected chi connectivity index (χ0v) is 14.7. The molecule has 1 atom stereocenters. The van der Waals surface area contributed by atoms with Gasteiger partial charge in [0.05, 0.1) is 4.91 Å². The van der Waals surface area contributed by atoms with Gasteiger partial charge in [-0.25, -0.2) is 31.1 Å². The van der Waals surface area contributed by atoms with Gasteiger partial charge in [0.25, 0.3) is 0 Å². The normalized spacial score (nSPS) is 21.5. The van der Waals surface area contributed by atoms with E-state index >= 15 is 0 Å². The number of halogens is 1. The fraction of sp³-hybridized carbons (Fsp3) is 0.333. The van der Waals surface area contributed by atoms with E-state index in [1.54, 1.807) is 13.0 Å². The van der Waals surface area contributed by atoms with Gasteiger partial charge in [0.2, 0.25) is 20.0 Å². The molecule has 0 amide bonds. The Morgan fingerprint density at radius 1 is 1.25 bits per heavy atom. The Morgan fingerprint density at radius 2 is 1.92 bits per heavy atom. The summed E-state index contributed by atoms with van der Waals surface area (Å²) in [5, 5.41) is 5.25. The zero-order chi connectivity index (χ0) is 18.0. The summed E-state index contributed by atoms with van der Waals surface area (Å²) in [6, 6.07) is 5.84. The third-order valence-electron chi connectivity index (χ3n) is 4.09. The van der Waals surface area contributed by atoms with Gasteiger partial charge in [0.1, 0.15) is 10.6 Å². The van der Waals surface area contributed by atoms with E-state index in [2.05, 4.69) is 4.72 Å². The van der Waals surface area contributed by atoms with Crippen LogP contribution in [0.4, 0.5) is 4.39 Å². The molecule has 0 spiro atoms. The lowest BCUT2D eigenvalue weighted by Crippen LogP contribution is -2.42. The fourth-order valence-corrected chi connectivity index (χ4v) is 4.45. The number of hydrogen-bond donors (Lipinski definition) is 2. The predicted molar refractivity (Wildman–Crippen MR) is 90.1 cm³/mol. The molecule has 0 aromatic heterocycles. The number of nitrogens with one attached hydrogen (secondary N) is 1. The summed E-state index contributed by atoms with van der Waals surface area (Å²) in [7, 11) is -7.74. The second kappa shape index (κ2) is 6.75. The van der Waals surface area contributed by atoms with Crippen molar-refractivity contribution in [3.63, 3.8) is 0 Å². The molecular weight excluding hydrogens is 355 g/mol. The highest BCUT2D eigenvalue weighted by Crippen LogP contribution is 2.32. The summed E-state index contributed by atoms with van der Waals surface area (Å²) >= 11 is 0. The molecule has 1 aliphatic carbocycles. The lowest BCUT2D eigenvalue weighted by Gasteiger charge is -2.28. The van der Waals surface area contributed by atoms with E-state index in [1.165, 1.54) is 36.4 Å². The van der Waals surface area contributed by atoms with E-state index in [0.29, 0.717) is 0 Å². The van der Waals surface area contributed by atoms with Crippen LogP contribution in [0.25, 0.3) is 0 Å². The van der Waals surface area contributed by atoms with Gasteiger partial charge >= 0.3 is 0 Å².